The van der Waals surface area contributed by atoms with Gasteiger partial charge in [-0.25, -0.2) is 0 Å². The third kappa shape index (κ3) is 5.17. The maximum absolute atomic E-state index is 11.1. The van der Waals surface area contributed by atoms with Gasteiger partial charge < -0.3 is 29.2 Å². The first-order chi connectivity index (χ1) is 17.4. The summed E-state index contributed by atoms with van der Waals surface area (Å²) in [6.07, 6.45) is -0.892. The minimum atomic E-state index is -0.827. The molecular formula is C29H30O7. The first kappa shape index (κ1) is 24.2. The van der Waals surface area contributed by atoms with Crippen LogP contribution >= 0.6 is 0 Å². The van der Waals surface area contributed by atoms with Crippen molar-refractivity contribution in [3.63, 3.8) is 0 Å². The van der Waals surface area contributed by atoms with Crippen LogP contribution < -0.4 is 14.2 Å². The van der Waals surface area contributed by atoms with Crippen molar-refractivity contribution in [2.24, 2.45) is 0 Å². The summed E-state index contributed by atoms with van der Waals surface area (Å²) in [5, 5.41) is 19.1. The first-order valence-electron chi connectivity index (χ1n) is 12.1. The number of hydrogen-bond acceptors (Lipinski definition) is 6. The quantitative estimate of drug-likeness (QED) is 0.475. The van der Waals surface area contributed by atoms with Gasteiger partial charge in [-0.05, 0) is 65.9 Å². The molecule has 36 heavy (non-hydrogen) atoms. The highest BCUT2D eigenvalue weighted by atomic mass is 16.6. The summed E-state index contributed by atoms with van der Waals surface area (Å²) in [5.41, 5.74) is 6.35. The van der Waals surface area contributed by atoms with Crippen molar-refractivity contribution in [2.45, 2.75) is 45.0 Å². The molecule has 0 aromatic heterocycles. The molecule has 0 bridgehead atoms. The monoisotopic (exact) mass is 490 g/mol. The molecule has 0 radical (unpaired) electrons. The van der Waals surface area contributed by atoms with Crippen LogP contribution in [0.3, 0.4) is 0 Å². The van der Waals surface area contributed by atoms with Gasteiger partial charge in [-0.3, -0.25) is 4.79 Å². The smallest absolute Gasteiger partial charge is 0.304 e. The molecule has 3 atom stereocenters. The minimum absolute atomic E-state index is 0.0584. The van der Waals surface area contributed by atoms with Crippen molar-refractivity contribution in [3.05, 3.63) is 76.9 Å². The molecule has 2 heterocycles. The van der Waals surface area contributed by atoms with Crippen molar-refractivity contribution in [2.75, 3.05) is 19.8 Å². The second-order valence-corrected chi connectivity index (χ2v) is 9.49. The molecule has 188 valence electrons. The molecule has 7 heteroatoms. The summed E-state index contributed by atoms with van der Waals surface area (Å²) < 4.78 is 23.0. The van der Waals surface area contributed by atoms with Crippen LogP contribution in [0.1, 0.15) is 34.6 Å². The molecule has 1 fully saturated rings. The van der Waals surface area contributed by atoms with Crippen LogP contribution in [0.25, 0.3) is 11.1 Å². The van der Waals surface area contributed by atoms with E-state index >= 15 is 0 Å². The van der Waals surface area contributed by atoms with Gasteiger partial charge in [0.25, 0.3) is 0 Å². The second kappa shape index (κ2) is 10.2. The van der Waals surface area contributed by atoms with Crippen LogP contribution in [0.2, 0.25) is 0 Å². The number of carboxylic acid groups (broad SMARTS) is 1. The number of aliphatic hydroxyl groups excluding tert-OH is 1. The summed E-state index contributed by atoms with van der Waals surface area (Å²) >= 11 is 0. The van der Waals surface area contributed by atoms with E-state index in [9.17, 15) is 9.90 Å². The summed E-state index contributed by atoms with van der Waals surface area (Å²) in [6.45, 7) is 5.58. The van der Waals surface area contributed by atoms with Crippen molar-refractivity contribution in [1.29, 1.82) is 0 Å². The zero-order valence-corrected chi connectivity index (χ0v) is 20.4. The van der Waals surface area contributed by atoms with Crippen LogP contribution in [0.5, 0.6) is 17.2 Å². The molecule has 1 saturated heterocycles. The van der Waals surface area contributed by atoms with Crippen LogP contribution in [-0.4, -0.2) is 48.2 Å². The van der Waals surface area contributed by atoms with Crippen molar-refractivity contribution in [1.82, 2.24) is 0 Å². The standard InChI is InChI=1S/C29H30O7/c1-17-8-23(36-27-16-33-15-25(27)30)9-18(2)29(17)20-5-3-4-19(10-20)13-34-22-6-7-24-21(11-28(31)32)14-35-26(24)12-22/h3-10,12,21,25,27,30H,11,13-16H2,1-2H3,(H,31,32)/t21-,25+,27+/m1/s1. The zero-order valence-electron chi connectivity index (χ0n) is 20.4. The van der Waals surface area contributed by atoms with Crippen LogP contribution in [-0.2, 0) is 16.1 Å². The number of fused-ring (bicyclic) bond motifs is 1. The number of benzene rings is 3. The van der Waals surface area contributed by atoms with Crippen LogP contribution in [0.15, 0.2) is 54.6 Å². The lowest BCUT2D eigenvalue weighted by atomic mass is 9.94. The van der Waals surface area contributed by atoms with E-state index in [1.807, 2.05) is 42.5 Å². The number of ether oxygens (including phenoxy) is 4. The van der Waals surface area contributed by atoms with Gasteiger partial charge in [0, 0.05) is 17.5 Å². The van der Waals surface area contributed by atoms with E-state index in [0.717, 1.165) is 39.1 Å². The van der Waals surface area contributed by atoms with E-state index in [4.69, 9.17) is 24.1 Å². The Labute approximate surface area is 210 Å². The topological polar surface area (TPSA) is 94.5 Å². The highest BCUT2D eigenvalue weighted by molar-refractivity contribution is 5.72. The molecule has 7 nitrogen and oxygen atoms in total. The number of hydrogen-bond donors (Lipinski definition) is 2. The van der Waals surface area contributed by atoms with E-state index in [-0.39, 0.29) is 18.4 Å². The Morgan fingerprint density at radius 3 is 2.53 bits per heavy atom. The summed E-state index contributed by atoms with van der Waals surface area (Å²) in [4.78, 5) is 11.1. The number of aliphatic carboxylic acids is 1. The normalized spacial score (nSPS) is 20.6. The number of carbonyl (C=O) groups is 1. The average molecular weight is 491 g/mol. The number of aryl methyl sites for hydroxylation is 2. The van der Waals surface area contributed by atoms with Gasteiger partial charge in [0.05, 0.1) is 26.2 Å². The van der Waals surface area contributed by atoms with Crippen LogP contribution in [0, 0.1) is 13.8 Å². The largest absolute Gasteiger partial charge is 0.492 e. The van der Waals surface area contributed by atoms with E-state index in [1.54, 1.807) is 0 Å². The van der Waals surface area contributed by atoms with Crippen molar-refractivity contribution in [3.8, 4) is 28.4 Å². The molecule has 3 aromatic carbocycles. The fraction of sp³-hybridized carbons (Fsp3) is 0.345. The van der Waals surface area contributed by atoms with Gasteiger partial charge >= 0.3 is 5.97 Å². The Morgan fingerprint density at radius 2 is 1.81 bits per heavy atom. The molecule has 0 aliphatic carbocycles. The van der Waals surface area contributed by atoms with Crippen molar-refractivity contribution < 1.29 is 34.0 Å². The van der Waals surface area contributed by atoms with Crippen molar-refractivity contribution >= 4 is 5.97 Å². The third-order valence-corrected chi connectivity index (χ3v) is 6.70. The summed E-state index contributed by atoms with van der Waals surface area (Å²) in [6, 6.07) is 17.8. The van der Waals surface area contributed by atoms with E-state index < -0.39 is 12.1 Å². The molecular weight excluding hydrogens is 460 g/mol. The summed E-state index contributed by atoms with van der Waals surface area (Å²) in [5.74, 6) is 1.15. The van der Waals surface area contributed by atoms with E-state index in [0.29, 0.717) is 37.9 Å². The fourth-order valence-electron chi connectivity index (χ4n) is 4.97. The first-order valence-corrected chi connectivity index (χ1v) is 12.1. The Kier molecular flexibility index (Phi) is 6.85. The molecule has 2 aliphatic heterocycles. The lowest BCUT2D eigenvalue weighted by Gasteiger charge is -2.19. The SMILES string of the molecule is Cc1cc(O[C@H]2COC[C@@H]2O)cc(C)c1-c1cccc(COc2ccc3c(c2)OC[C@H]3CC(=O)O)c1. The molecule has 0 unspecified atom stereocenters. The van der Waals surface area contributed by atoms with Gasteiger partial charge in [0.15, 0.2) is 0 Å². The third-order valence-electron chi connectivity index (χ3n) is 6.70. The van der Waals surface area contributed by atoms with Gasteiger partial charge in [-0.2, -0.15) is 0 Å². The van der Waals surface area contributed by atoms with Crippen LogP contribution in [0.4, 0.5) is 0 Å². The lowest BCUT2D eigenvalue weighted by Crippen LogP contribution is -2.29. The highest BCUT2D eigenvalue weighted by Gasteiger charge is 2.28. The van der Waals surface area contributed by atoms with Gasteiger partial charge in [0.2, 0.25) is 0 Å². The molecule has 0 spiro atoms. The Morgan fingerprint density at radius 1 is 1.00 bits per heavy atom. The predicted molar refractivity (Wildman–Crippen MR) is 134 cm³/mol. The Hall–Kier alpha value is -3.55. The molecule has 0 saturated carbocycles. The zero-order chi connectivity index (χ0) is 25.2. The molecule has 5 rings (SSSR count). The number of carboxylic acids is 1. The predicted octanol–water partition coefficient (Wildman–Crippen LogP) is 4.64. The van der Waals surface area contributed by atoms with Gasteiger partial charge in [0.1, 0.15) is 36.1 Å². The van der Waals surface area contributed by atoms with Gasteiger partial charge in [-0.15, -0.1) is 0 Å². The van der Waals surface area contributed by atoms with E-state index in [1.165, 1.54) is 0 Å². The molecule has 2 aliphatic rings. The molecule has 3 aromatic rings. The van der Waals surface area contributed by atoms with E-state index in [2.05, 4.69) is 26.0 Å². The fourth-order valence-corrected chi connectivity index (χ4v) is 4.97. The maximum Gasteiger partial charge on any atom is 0.304 e. The second-order valence-electron chi connectivity index (χ2n) is 9.49. The molecule has 2 N–H and O–H groups in total. The number of rotatable bonds is 8. The molecule has 0 amide bonds. The lowest BCUT2D eigenvalue weighted by molar-refractivity contribution is -0.137. The maximum atomic E-state index is 11.1. The average Bonchev–Trinajstić information content (AvgIpc) is 3.42. The number of aliphatic hydroxyl groups is 1. The van der Waals surface area contributed by atoms with Gasteiger partial charge in [-0.1, -0.05) is 24.3 Å². The highest BCUT2D eigenvalue weighted by Crippen LogP contribution is 2.38. The Bertz CT molecular complexity index is 1250. The minimum Gasteiger partial charge on any atom is -0.492 e. The Balaban J connectivity index is 1.28. The summed E-state index contributed by atoms with van der Waals surface area (Å²) in [7, 11) is 0.